The molecule has 0 aliphatic carbocycles. The number of ether oxygens (including phenoxy) is 1. The molecule has 0 saturated heterocycles. The van der Waals surface area contributed by atoms with Crippen LogP contribution >= 0.6 is 0 Å². The molecule has 0 aromatic heterocycles. The molecule has 0 fully saturated rings. The molecule has 1 N–H and O–H groups in total. The van der Waals surface area contributed by atoms with E-state index >= 15 is 0 Å². The third kappa shape index (κ3) is 6.04. The summed E-state index contributed by atoms with van der Waals surface area (Å²) in [5, 5.41) is 3.59. The molecular formula is C17H30N2O. The third-order valence-electron chi connectivity index (χ3n) is 3.67. The lowest BCUT2D eigenvalue weighted by atomic mass is 10.0. The lowest BCUT2D eigenvalue weighted by molar-refractivity contribution is 0.126. The maximum Gasteiger partial charge on any atom is 0.0589 e. The van der Waals surface area contributed by atoms with Crippen LogP contribution in [0.2, 0.25) is 0 Å². The fourth-order valence-corrected chi connectivity index (χ4v) is 2.45. The van der Waals surface area contributed by atoms with E-state index in [1.54, 1.807) is 7.11 Å². The molecular weight excluding hydrogens is 248 g/mol. The van der Waals surface area contributed by atoms with Crippen molar-refractivity contribution in [2.75, 3.05) is 33.4 Å². The van der Waals surface area contributed by atoms with Gasteiger partial charge in [-0.2, -0.15) is 0 Å². The van der Waals surface area contributed by atoms with Crippen molar-refractivity contribution >= 4 is 0 Å². The largest absolute Gasteiger partial charge is 0.383 e. The van der Waals surface area contributed by atoms with Crippen molar-refractivity contribution in [3.8, 4) is 0 Å². The first-order chi connectivity index (χ1) is 9.69. The molecule has 0 bridgehead atoms. The van der Waals surface area contributed by atoms with Gasteiger partial charge in [-0.25, -0.2) is 0 Å². The zero-order chi connectivity index (χ0) is 14.8. The van der Waals surface area contributed by atoms with Crippen molar-refractivity contribution < 1.29 is 4.74 Å². The van der Waals surface area contributed by atoms with E-state index in [2.05, 4.69) is 61.3 Å². The topological polar surface area (TPSA) is 24.5 Å². The summed E-state index contributed by atoms with van der Waals surface area (Å²) in [6.07, 6.45) is 1.12. The average molecular weight is 278 g/mol. The van der Waals surface area contributed by atoms with Crippen LogP contribution in [0, 0.1) is 0 Å². The van der Waals surface area contributed by atoms with Crippen molar-refractivity contribution in [2.45, 2.75) is 39.3 Å². The van der Waals surface area contributed by atoms with Gasteiger partial charge in [0.25, 0.3) is 0 Å². The second-order valence-electron chi connectivity index (χ2n) is 5.43. The molecule has 0 heterocycles. The molecule has 3 heteroatoms. The van der Waals surface area contributed by atoms with E-state index in [-0.39, 0.29) is 0 Å². The summed E-state index contributed by atoms with van der Waals surface area (Å²) in [6, 6.07) is 11.7. The van der Waals surface area contributed by atoms with Crippen molar-refractivity contribution in [2.24, 2.45) is 0 Å². The van der Waals surface area contributed by atoms with Gasteiger partial charge in [-0.1, -0.05) is 37.3 Å². The fraction of sp³-hybridized carbons (Fsp3) is 0.647. The molecule has 3 nitrogen and oxygen atoms in total. The van der Waals surface area contributed by atoms with Crippen LogP contribution < -0.4 is 5.32 Å². The van der Waals surface area contributed by atoms with Gasteiger partial charge in [-0.15, -0.1) is 0 Å². The standard InChI is InChI=1S/C17H30N2O/c1-5-18-17(16-9-7-6-8-10-16)11-12-19(15(2)3)13-14-20-4/h6-10,15,17-18H,5,11-14H2,1-4H3. The smallest absolute Gasteiger partial charge is 0.0589 e. The number of nitrogens with one attached hydrogen (secondary N) is 1. The summed E-state index contributed by atoms with van der Waals surface area (Å²) in [6.45, 7) is 10.6. The van der Waals surface area contributed by atoms with Crippen LogP contribution in [0.3, 0.4) is 0 Å². The van der Waals surface area contributed by atoms with Crippen LogP contribution in [-0.2, 0) is 4.74 Å². The second-order valence-corrected chi connectivity index (χ2v) is 5.43. The van der Waals surface area contributed by atoms with Crippen LogP contribution in [0.15, 0.2) is 30.3 Å². The molecule has 0 aliphatic rings. The summed E-state index contributed by atoms with van der Waals surface area (Å²) in [5.41, 5.74) is 1.38. The van der Waals surface area contributed by atoms with E-state index in [0.717, 1.165) is 32.7 Å². The Morgan fingerprint density at radius 1 is 1.15 bits per heavy atom. The van der Waals surface area contributed by atoms with Crippen LogP contribution in [0.1, 0.15) is 38.8 Å². The second kappa shape index (κ2) is 9.92. The van der Waals surface area contributed by atoms with Crippen LogP contribution in [-0.4, -0.2) is 44.3 Å². The Hall–Kier alpha value is -0.900. The van der Waals surface area contributed by atoms with E-state index in [1.807, 2.05) is 0 Å². The number of benzene rings is 1. The first kappa shape index (κ1) is 17.2. The molecule has 1 aromatic carbocycles. The number of rotatable bonds is 10. The Labute approximate surface area is 124 Å². The number of hydrogen-bond acceptors (Lipinski definition) is 3. The van der Waals surface area contributed by atoms with E-state index in [1.165, 1.54) is 5.56 Å². The zero-order valence-electron chi connectivity index (χ0n) is 13.4. The minimum absolute atomic E-state index is 0.435. The van der Waals surface area contributed by atoms with Gasteiger partial charge in [0.1, 0.15) is 0 Å². The highest BCUT2D eigenvalue weighted by Gasteiger charge is 2.14. The van der Waals surface area contributed by atoms with Gasteiger partial charge in [-0.3, -0.25) is 4.90 Å². The van der Waals surface area contributed by atoms with E-state index < -0.39 is 0 Å². The monoisotopic (exact) mass is 278 g/mol. The quantitative estimate of drug-likeness (QED) is 0.712. The number of hydrogen-bond donors (Lipinski definition) is 1. The predicted molar refractivity (Wildman–Crippen MR) is 86.1 cm³/mol. The van der Waals surface area contributed by atoms with Crippen molar-refractivity contribution in [3.63, 3.8) is 0 Å². The zero-order valence-corrected chi connectivity index (χ0v) is 13.4. The van der Waals surface area contributed by atoms with Crippen LogP contribution in [0.4, 0.5) is 0 Å². The van der Waals surface area contributed by atoms with Gasteiger partial charge in [0.05, 0.1) is 6.61 Å². The SMILES string of the molecule is CCNC(CCN(CCOC)C(C)C)c1ccccc1. The van der Waals surface area contributed by atoms with Gasteiger partial charge in [0, 0.05) is 32.3 Å². The van der Waals surface area contributed by atoms with Gasteiger partial charge >= 0.3 is 0 Å². The Kier molecular flexibility index (Phi) is 8.51. The molecule has 0 amide bonds. The predicted octanol–water partition coefficient (Wildman–Crippen LogP) is 3.08. The molecule has 1 unspecified atom stereocenters. The molecule has 0 radical (unpaired) electrons. The van der Waals surface area contributed by atoms with Crippen molar-refractivity contribution in [1.29, 1.82) is 0 Å². The third-order valence-corrected chi connectivity index (χ3v) is 3.67. The fourth-order valence-electron chi connectivity index (χ4n) is 2.45. The highest BCUT2D eigenvalue weighted by molar-refractivity contribution is 5.18. The Bertz CT molecular complexity index is 340. The van der Waals surface area contributed by atoms with E-state index in [0.29, 0.717) is 12.1 Å². The summed E-state index contributed by atoms with van der Waals surface area (Å²) >= 11 is 0. The Morgan fingerprint density at radius 3 is 2.40 bits per heavy atom. The lowest BCUT2D eigenvalue weighted by Gasteiger charge is -2.28. The molecule has 1 rings (SSSR count). The first-order valence-corrected chi connectivity index (χ1v) is 7.70. The highest BCUT2D eigenvalue weighted by atomic mass is 16.5. The highest BCUT2D eigenvalue weighted by Crippen LogP contribution is 2.17. The average Bonchev–Trinajstić information content (AvgIpc) is 2.46. The molecule has 0 spiro atoms. The molecule has 1 atom stereocenters. The molecule has 0 saturated carbocycles. The maximum absolute atomic E-state index is 5.20. The molecule has 1 aromatic rings. The van der Waals surface area contributed by atoms with E-state index in [4.69, 9.17) is 4.74 Å². The summed E-state index contributed by atoms with van der Waals surface area (Å²) < 4.78 is 5.20. The Balaban J connectivity index is 2.56. The lowest BCUT2D eigenvalue weighted by Crippen LogP contribution is -2.36. The van der Waals surface area contributed by atoms with Crippen LogP contribution in [0.25, 0.3) is 0 Å². The van der Waals surface area contributed by atoms with Gasteiger partial charge < -0.3 is 10.1 Å². The minimum Gasteiger partial charge on any atom is -0.383 e. The molecule has 0 aliphatic heterocycles. The number of nitrogens with zero attached hydrogens (tertiary/aromatic N) is 1. The normalized spacial score (nSPS) is 13.1. The van der Waals surface area contributed by atoms with Crippen molar-refractivity contribution in [3.05, 3.63) is 35.9 Å². The molecule has 114 valence electrons. The summed E-state index contributed by atoms with van der Waals surface area (Å²) in [7, 11) is 1.77. The van der Waals surface area contributed by atoms with Gasteiger partial charge in [0.2, 0.25) is 0 Å². The minimum atomic E-state index is 0.435. The Morgan fingerprint density at radius 2 is 1.85 bits per heavy atom. The summed E-state index contributed by atoms with van der Waals surface area (Å²) in [4.78, 5) is 2.48. The number of methoxy groups -OCH3 is 1. The first-order valence-electron chi connectivity index (χ1n) is 7.70. The van der Waals surface area contributed by atoms with E-state index in [9.17, 15) is 0 Å². The molecule has 20 heavy (non-hydrogen) atoms. The summed E-state index contributed by atoms with van der Waals surface area (Å²) in [5.74, 6) is 0. The maximum atomic E-state index is 5.20. The van der Waals surface area contributed by atoms with Crippen LogP contribution in [0.5, 0.6) is 0 Å². The van der Waals surface area contributed by atoms with Gasteiger partial charge in [0.15, 0.2) is 0 Å². The van der Waals surface area contributed by atoms with Gasteiger partial charge in [-0.05, 0) is 32.4 Å². The van der Waals surface area contributed by atoms with Crippen molar-refractivity contribution in [1.82, 2.24) is 10.2 Å².